The molecule has 0 radical (unpaired) electrons. The third-order valence-corrected chi connectivity index (χ3v) is 6.43. The van der Waals surface area contributed by atoms with Crippen molar-refractivity contribution in [3.63, 3.8) is 0 Å². The Kier molecular flexibility index (Phi) is 4.03. The molecular weight excluding hydrogens is 310 g/mol. The molecule has 0 saturated carbocycles. The van der Waals surface area contributed by atoms with Gasteiger partial charge >= 0.3 is 0 Å². The Balaban J connectivity index is 1.43. The summed E-state index contributed by atoms with van der Waals surface area (Å²) in [7, 11) is 1.97. The fourth-order valence-electron chi connectivity index (χ4n) is 3.95. The lowest BCUT2D eigenvalue weighted by atomic mass is 9.99. The highest BCUT2D eigenvalue weighted by Crippen LogP contribution is 2.33. The van der Waals surface area contributed by atoms with E-state index >= 15 is 0 Å². The van der Waals surface area contributed by atoms with Gasteiger partial charge in [0.25, 0.3) is 0 Å². The Morgan fingerprint density at radius 3 is 2.65 bits per heavy atom. The number of aryl methyl sites for hydroxylation is 2. The molecule has 23 heavy (non-hydrogen) atoms. The zero-order chi connectivity index (χ0) is 16.0. The highest BCUT2D eigenvalue weighted by atomic mass is 32.1. The molecule has 2 saturated heterocycles. The second kappa shape index (κ2) is 6.03. The molecule has 0 aromatic carbocycles. The average molecular weight is 335 g/mol. The van der Waals surface area contributed by atoms with Crippen LogP contribution in [0.5, 0.6) is 0 Å². The van der Waals surface area contributed by atoms with Crippen LogP contribution >= 0.6 is 11.3 Å². The van der Waals surface area contributed by atoms with Gasteiger partial charge in [-0.05, 0) is 39.2 Å². The average Bonchev–Trinajstić information content (AvgIpc) is 3.10. The summed E-state index contributed by atoms with van der Waals surface area (Å²) < 4.78 is 3.09. The molecule has 4 rings (SSSR count). The van der Waals surface area contributed by atoms with Gasteiger partial charge in [-0.15, -0.1) is 0 Å². The number of aliphatic hydroxyl groups excluding tert-OH is 1. The summed E-state index contributed by atoms with van der Waals surface area (Å²) >= 11 is 1.77. The molecule has 2 fully saturated rings. The summed E-state index contributed by atoms with van der Waals surface area (Å²) in [4.78, 5) is 9.71. The number of aromatic nitrogens is 3. The van der Waals surface area contributed by atoms with Gasteiger partial charge in [0.1, 0.15) is 0 Å². The van der Waals surface area contributed by atoms with Gasteiger partial charge in [-0.1, -0.05) is 11.3 Å². The molecule has 4 heterocycles. The fourth-order valence-corrected chi connectivity index (χ4v) is 5.03. The van der Waals surface area contributed by atoms with Gasteiger partial charge in [0.15, 0.2) is 10.8 Å². The summed E-state index contributed by atoms with van der Waals surface area (Å²) in [6.45, 7) is 6.18. The van der Waals surface area contributed by atoms with Gasteiger partial charge in [0.2, 0.25) is 0 Å². The number of likely N-dealkylation sites (tertiary alicyclic amines) is 1. The van der Waals surface area contributed by atoms with Crippen LogP contribution < -0.4 is 4.90 Å². The summed E-state index contributed by atoms with van der Waals surface area (Å²) in [5.41, 5.74) is 2.08. The topological polar surface area (TPSA) is 57.4 Å². The van der Waals surface area contributed by atoms with Crippen LogP contribution in [0.2, 0.25) is 0 Å². The first-order valence-electron chi connectivity index (χ1n) is 8.59. The summed E-state index contributed by atoms with van der Waals surface area (Å²) in [5.74, 6) is 0. The Hall–Kier alpha value is -1.18. The van der Waals surface area contributed by atoms with Gasteiger partial charge in [-0.25, -0.2) is 9.67 Å². The third-order valence-electron chi connectivity index (χ3n) is 5.21. The Morgan fingerprint density at radius 1 is 1.17 bits per heavy atom. The molecule has 0 bridgehead atoms. The lowest BCUT2D eigenvalue weighted by molar-refractivity contribution is 0.0398. The van der Waals surface area contributed by atoms with Crippen LogP contribution in [0.1, 0.15) is 31.4 Å². The van der Waals surface area contributed by atoms with E-state index in [0.717, 1.165) is 55.5 Å². The molecular formula is C16H25N5OS. The minimum absolute atomic E-state index is 0.124. The smallest absolute Gasteiger partial charge is 0.188 e. The maximum absolute atomic E-state index is 9.88. The van der Waals surface area contributed by atoms with Gasteiger partial charge in [-0.3, -0.25) is 4.90 Å². The molecule has 6 nitrogen and oxygen atoms in total. The predicted molar refractivity (Wildman–Crippen MR) is 93.2 cm³/mol. The molecule has 2 aromatic heterocycles. The summed E-state index contributed by atoms with van der Waals surface area (Å²) in [5, 5.41) is 15.4. The van der Waals surface area contributed by atoms with Crippen LogP contribution in [0.25, 0.3) is 10.3 Å². The van der Waals surface area contributed by atoms with Crippen molar-refractivity contribution in [2.24, 2.45) is 7.05 Å². The molecule has 0 aliphatic carbocycles. The third kappa shape index (κ3) is 2.86. The van der Waals surface area contributed by atoms with E-state index in [0.29, 0.717) is 6.04 Å². The number of piperidine rings is 2. The number of anilines is 1. The first-order valence-corrected chi connectivity index (χ1v) is 9.40. The maximum atomic E-state index is 9.88. The van der Waals surface area contributed by atoms with E-state index in [1.807, 2.05) is 11.7 Å². The highest BCUT2D eigenvalue weighted by Gasteiger charge is 2.29. The Labute approximate surface area is 140 Å². The van der Waals surface area contributed by atoms with Crippen LogP contribution in [0.4, 0.5) is 5.13 Å². The van der Waals surface area contributed by atoms with E-state index < -0.39 is 0 Å². The molecule has 2 aromatic rings. The molecule has 1 atom stereocenters. The van der Waals surface area contributed by atoms with Gasteiger partial charge in [-0.2, -0.15) is 5.10 Å². The zero-order valence-electron chi connectivity index (χ0n) is 13.9. The predicted octanol–water partition coefficient (Wildman–Crippen LogP) is 1.76. The van der Waals surface area contributed by atoms with Crippen LogP contribution in [-0.2, 0) is 7.05 Å². The minimum atomic E-state index is -0.124. The monoisotopic (exact) mass is 335 g/mol. The van der Waals surface area contributed by atoms with E-state index in [2.05, 4.69) is 21.8 Å². The van der Waals surface area contributed by atoms with Crippen molar-refractivity contribution in [2.75, 3.05) is 31.1 Å². The van der Waals surface area contributed by atoms with Gasteiger partial charge in [0.05, 0.1) is 16.5 Å². The lowest BCUT2D eigenvalue weighted by Crippen LogP contribution is -2.49. The standard InChI is InChI=1S/C16H25N5OS/c1-11-14-15(19(2)18-11)17-16(23-14)20-8-5-12(6-9-20)21-7-3-4-13(22)10-21/h12-13,22H,3-10H2,1-2H3. The van der Waals surface area contributed by atoms with Crippen molar-refractivity contribution >= 4 is 26.8 Å². The number of nitrogens with zero attached hydrogens (tertiary/aromatic N) is 5. The first kappa shape index (κ1) is 15.4. The molecule has 1 N–H and O–H groups in total. The van der Waals surface area contributed by atoms with Crippen molar-refractivity contribution < 1.29 is 5.11 Å². The second-order valence-corrected chi connectivity index (χ2v) is 7.84. The van der Waals surface area contributed by atoms with Crippen LogP contribution in [0.3, 0.4) is 0 Å². The van der Waals surface area contributed by atoms with E-state index in [1.165, 1.54) is 17.5 Å². The van der Waals surface area contributed by atoms with Crippen LogP contribution in [0.15, 0.2) is 0 Å². The quantitative estimate of drug-likeness (QED) is 0.906. The number of aliphatic hydroxyl groups is 1. The van der Waals surface area contributed by atoms with E-state index in [9.17, 15) is 5.11 Å². The van der Waals surface area contributed by atoms with Gasteiger partial charge in [0, 0.05) is 32.7 Å². The number of hydrogen-bond acceptors (Lipinski definition) is 6. The van der Waals surface area contributed by atoms with E-state index in [-0.39, 0.29) is 6.10 Å². The van der Waals surface area contributed by atoms with E-state index in [1.54, 1.807) is 11.3 Å². The number of rotatable bonds is 2. The Morgan fingerprint density at radius 2 is 1.96 bits per heavy atom. The summed E-state index contributed by atoms with van der Waals surface area (Å²) in [6.07, 6.45) is 4.31. The number of fused-ring (bicyclic) bond motifs is 1. The normalized spacial score (nSPS) is 24.7. The number of β-amino-alcohol motifs (C(OH)–C–C–N with tert-alkyl or cyclic N) is 1. The SMILES string of the molecule is Cc1nn(C)c2nc(N3CCC(N4CCCC(O)C4)CC3)sc12. The fraction of sp³-hybridized carbons (Fsp3) is 0.750. The molecule has 1 unspecified atom stereocenters. The summed E-state index contributed by atoms with van der Waals surface area (Å²) in [6, 6.07) is 0.624. The lowest BCUT2D eigenvalue weighted by Gasteiger charge is -2.41. The Bertz CT molecular complexity index is 654. The van der Waals surface area contributed by atoms with Crippen molar-refractivity contribution in [1.29, 1.82) is 0 Å². The first-order chi connectivity index (χ1) is 11.1. The zero-order valence-corrected chi connectivity index (χ0v) is 14.7. The van der Waals surface area contributed by atoms with Crippen molar-refractivity contribution in [3.8, 4) is 0 Å². The van der Waals surface area contributed by atoms with Crippen LogP contribution in [0, 0.1) is 6.92 Å². The highest BCUT2D eigenvalue weighted by molar-refractivity contribution is 7.22. The number of hydrogen-bond donors (Lipinski definition) is 1. The number of thiazole rings is 1. The largest absolute Gasteiger partial charge is 0.392 e. The second-order valence-electron chi connectivity index (χ2n) is 6.87. The maximum Gasteiger partial charge on any atom is 0.188 e. The molecule has 2 aliphatic rings. The molecule has 7 heteroatoms. The van der Waals surface area contributed by atoms with Crippen molar-refractivity contribution in [3.05, 3.63) is 5.69 Å². The van der Waals surface area contributed by atoms with Gasteiger partial charge < -0.3 is 10.0 Å². The van der Waals surface area contributed by atoms with Crippen molar-refractivity contribution in [2.45, 2.75) is 44.8 Å². The van der Waals surface area contributed by atoms with E-state index in [4.69, 9.17) is 4.98 Å². The molecule has 2 aliphatic heterocycles. The molecule has 0 amide bonds. The minimum Gasteiger partial charge on any atom is -0.392 e. The van der Waals surface area contributed by atoms with Crippen LogP contribution in [-0.4, -0.2) is 63.1 Å². The van der Waals surface area contributed by atoms with Crippen molar-refractivity contribution in [1.82, 2.24) is 19.7 Å². The molecule has 0 spiro atoms. The molecule has 126 valence electrons.